The van der Waals surface area contributed by atoms with E-state index in [1.807, 2.05) is 72.0 Å². The number of para-hydroxylation sites is 1. The van der Waals surface area contributed by atoms with E-state index in [9.17, 15) is 0 Å². The largest absolute Gasteiger partial charge is 0.309 e. The smallest absolute Gasteiger partial charge is 0.164 e. The van der Waals surface area contributed by atoms with Crippen LogP contribution in [0, 0.1) is 0 Å². The number of benzene rings is 8. The van der Waals surface area contributed by atoms with E-state index in [-0.39, 0.29) is 0 Å². The number of thiophene rings is 1. The number of fused-ring (bicyclic) bond motifs is 6. The summed E-state index contributed by atoms with van der Waals surface area (Å²) < 4.78 is 5.11. The van der Waals surface area contributed by atoms with E-state index in [0.29, 0.717) is 17.5 Å². The van der Waals surface area contributed by atoms with Gasteiger partial charge < -0.3 is 4.57 Å². The molecule has 286 valence electrons. The van der Waals surface area contributed by atoms with Crippen molar-refractivity contribution in [2.45, 2.75) is 26.2 Å². The van der Waals surface area contributed by atoms with Crippen LogP contribution >= 0.6 is 11.3 Å². The van der Waals surface area contributed by atoms with Gasteiger partial charge in [0, 0.05) is 53.3 Å². The molecule has 3 aromatic heterocycles. The Bertz CT molecular complexity index is 3310. The lowest BCUT2D eigenvalue weighted by atomic mass is 10.00. The van der Waals surface area contributed by atoms with Crippen molar-refractivity contribution in [3.8, 4) is 62.1 Å². The molecule has 0 saturated heterocycles. The third-order valence-corrected chi connectivity index (χ3v) is 12.8. The molecule has 8 aromatic carbocycles. The van der Waals surface area contributed by atoms with Crippen LogP contribution in [-0.4, -0.2) is 19.5 Å². The van der Waals surface area contributed by atoms with Crippen molar-refractivity contribution in [1.29, 1.82) is 0 Å². The average molecular weight is 789 g/mol. The minimum Gasteiger partial charge on any atom is -0.309 e. The molecule has 0 amide bonds. The predicted molar refractivity (Wildman–Crippen MR) is 253 cm³/mol. The van der Waals surface area contributed by atoms with Crippen molar-refractivity contribution in [2.75, 3.05) is 0 Å². The predicted octanol–water partition coefficient (Wildman–Crippen LogP) is 15.0. The maximum atomic E-state index is 5.01. The molecule has 0 N–H and O–H groups in total. The van der Waals surface area contributed by atoms with Gasteiger partial charge in [-0.1, -0.05) is 159 Å². The van der Waals surface area contributed by atoms with Crippen LogP contribution < -0.4 is 0 Å². The molecule has 11 rings (SSSR count). The van der Waals surface area contributed by atoms with Crippen molar-refractivity contribution in [3.63, 3.8) is 0 Å². The summed E-state index contributed by atoms with van der Waals surface area (Å²) in [6.07, 6.45) is 3.55. The quantitative estimate of drug-likeness (QED) is 0.146. The summed E-state index contributed by atoms with van der Waals surface area (Å²) in [5.74, 6) is 1.94. The van der Waals surface area contributed by atoms with Gasteiger partial charge in [0.25, 0.3) is 0 Å². The molecule has 0 atom stereocenters. The van der Waals surface area contributed by atoms with Crippen LogP contribution in [0.3, 0.4) is 0 Å². The van der Waals surface area contributed by atoms with Crippen molar-refractivity contribution in [3.05, 3.63) is 194 Å². The zero-order valence-electron chi connectivity index (χ0n) is 33.2. The van der Waals surface area contributed by atoms with Gasteiger partial charge in [-0.2, -0.15) is 0 Å². The number of unbranched alkanes of at least 4 members (excludes halogenated alkanes) is 1. The number of aryl methyl sites for hydroxylation is 1. The van der Waals surface area contributed by atoms with E-state index in [4.69, 9.17) is 15.0 Å². The second kappa shape index (κ2) is 15.2. The second-order valence-corrected chi connectivity index (χ2v) is 16.5. The van der Waals surface area contributed by atoms with Crippen LogP contribution in [0.25, 0.3) is 104 Å². The summed E-state index contributed by atoms with van der Waals surface area (Å²) in [5, 5.41) is 5.19. The monoisotopic (exact) mass is 788 g/mol. The van der Waals surface area contributed by atoms with E-state index in [2.05, 4.69) is 139 Å². The van der Waals surface area contributed by atoms with Crippen molar-refractivity contribution >= 4 is 53.3 Å². The average Bonchev–Trinajstić information content (AvgIpc) is 3.86. The van der Waals surface area contributed by atoms with Crippen LogP contribution in [0.2, 0.25) is 0 Å². The first-order valence-corrected chi connectivity index (χ1v) is 21.6. The highest BCUT2D eigenvalue weighted by Gasteiger charge is 2.17. The first-order valence-electron chi connectivity index (χ1n) is 20.7. The molecule has 0 spiro atoms. The van der Waals surface area contributed by atoms with E-state index < -0.39 is 0 Å². The third kappa shape index (κ3) is 6.44. The van der Waals surface area contributed by atoms with Crippen LogP contribution in [0.5, 0.6) is 0 Å². The van der Waals surface area contributed by atoms with Gasteiger partial charge in [-0.3, -0.25) is 0 Å². The lowest BCUT2D eigenvalue weighted by Crippen LogP contribution is -2.00. The van der Waals surface area contributed by atoms with E-state index in [1.165, 1.54) is 71.5 Å². The van der Waals surface area contributed by atoms with Gasteiger partial charge in [0.1, 0.15) is 0 Å². The van der Waals surface area contributed by atoms with Crippen molar-refractivity contribution in [2.24, 2.45) is 0 Å². The molecule has 0 radical (unpaired) electrons. The Balaban J connectivity index is 1.02. The van der Waals surface area contributed by atoms with E-state index in [1.54, 1.807) is 0 Å². The Hall–Kier alpha value is -7.21. The molecule has 3 heterocycles. The van der Waals surface area contributed by atoms with Gasteiger partial charge in [0.2, 0.25) is 0 Å². The Morgan fingerprint density at radius 3 is 1.82 bits per heavy atom. The number of hydrogen-bond donors (Lipinski definition) is 0. The lowest BCUT2D eigenvalue weighted by molar-refractivity contribution is 0.796. The highest BCUT2D eigenvalue weighted by molar-refractivity contribution is 7.26. The molecule has 11 aromatic rings. The highest BCUT2D eigenvalue weighted by Crippen LogP contribution is 2.42. The van der Waals surface area contributed by atoms with Crippen LogP contribution in [0.4, 0.5) is 0 Å². The first-order chi connectivity index (χ1) is 29.7. The normalized spacial score (nSPS) is 11.6. The molecule has 4 nitrogen and oxygen atoms in total. The van der Waals surface area contributed by atoms with Gasteiger partial charge in [0.15, 0.2) is 17.5 Å². The Kier molecular flexibility index (Phi) is 9.09. The topological polar surface area (TPSA) is 43.6 Å². The first kappa shape index (κ1) is 35.9. The molecular weight excluding hydrogens is 749 g/mol. The number of nitrogens with zero attached hydrogens (tertiary/aromatic N) is 4. The zero-order chi connectivity index (χ0) is 40.0. The summed E-state index contributed by atoms with van der Waals surface area (Å²) >= 11 is 1.91. The maximum Gasteiger partial charge on any atom is 0.164 e. The number of aromatic nitrogens is 4. The lowest BCUT2D eigenvalue weighted by Gasteiger charge is -2.12. The second-order valence-electron chi connectivity index (χ2n) is 15.5. The number of rotatable bonds is 9. The molecule has 0 aliphatic carbocycles. The van der Waals surface area contributed by atoms with Gasteiger partial charge in [-0.25, -0.2) is 15.0 Å². The van der Waals surface area contributed by atoms with Crippen LogP contribution in [0.15, 0.2) is 188 Å². The van der Waals surface area contributed by atoms with Gasteiger partial charge in [-0.05, 0) is 83.1 Å². The molecular formula is C55H40N4S. The molecule has 5 heteroatoms. The minimum atomic E-state index is 0.640. The molecule has 0 saturated carbocycles. The van der Waals surface area contributed by atoms with E-state index in [0.717, 1.165) is 39.9 Å². The molecule has 0 aliphatic rings. The molecule has 0 fully saturated rings. The molecule has 0 bridgehead atoms. The van der Waals surface area contributed by atoms with Gasteiger partial charge in [-0.15, -0.1) is 11.3 Å². The van der Waals surface area contributed by atoms with E-state index >= 15 is 0 Å². The maximum absolute atomic E-state index is 5.01. The fraction of sp³-hybridized carbons (Fsp3) is 0.0727. The summed E-state index contributed by atoms with van der Waals surface area (Å²) in [4.78, 5) is 14.9. The summed E-state index contributed by atoms with van der Waals surface area (Å²) in [5.41, 5.74) is 12.4. The zero-order valence-corrected chi connectivity index (χ0v) is 34.0. The van der Waals surface area contributed by atoms with Crippen molar-refractivity contribution in [1.82, 2.24) is 19.5 Å². The highest BCUT2D eigenvalue weighted by atomic mass is 32.1. The van der Waals surface area contributed by atoms with Gasteiger partial charge >= 0.3 is 0 Å². The fourth-order valence-electron chi connectivity index (χ4n) is 8.63. The Morgan fingerprint density at radius 1 is 0.433 bits per heavy atom. The summed E-state index contributed by atoms with van der Waals surface area (Å²) in [6.45, 7) is 2.26. The standard InChI is InChI=1S/C55H40N4S/c1-2-3-15-36-28-31-51-48(32-36)47-26-14-25-44(52(47)60-51)41-29-30-46-45-24-10-11-27-49(45)59(50(46)35-41)43-23-13-21-40(34-43)39-20-12-22-42(33-39)55-57-53(37-16-6-4-7-17-37)56-54(58-55)38-18-8-5-9-19-38/h4-14,16-35H,2-3,15H2,1H3. The van der Waals surface area contributed by atoms with Crippen molar-refractivity contribution < 1.29 is 0 Å². The molecule has 60 heavy (non-hydrogen) atoms. The fourth-order valence-corrected chi connectivity index (χ4v) is 9.84. The SMILES string of the molecule is CCCCc1ccc2sc3c(-c4ccc5c6ccccc6n(-c6cccc(-c7cccc(-c8nc(-c9ccccc9)nc(-c9ccccc9)n8)c7)c6)c5c4)cccc3c2c1. The minimum absolute atomic E-state index is 0.640. The Morgan fingerprint density at radius 2 is 1.05 bits per heavy atom. The molecule has 0 aliphatic heterocycles. The number of hydrogen-bond acceptors (Lipinski definition) is 4. The summed E-state index contributed by atoms with van der Waals surface area (Å²) in [6, 6.07) is 67.3. The van der Waals surface area contributed by atoms with Crippen LogP contribution in [-0.2, 0) is 6.42 Å². The summed E-state index contributed by atoms with van der Waals surface area (Å²) in [7, 11) is 0. The third-order valence-electron chi connectivity index (χ3n) is 11.6. The molecule has 0 unspecified atom stereocenters. The van der Waals surface area contributed by atoms with Crippen LogP contribution in [0.1, 0.15) is 25.3 Å². The Labute approximate surface area is 353 Å². The van der Waals surface area contributed by atoms with Gasteiger partial charge in [0.05, 0.1) is 11.0 Å².